The first-order chi connectivity index (χ1) is 11.7. The number of nitrogens with zero attached hydrogens (tertiary/aromatic N) is 3. The van der Waals surface area contributed by atoms with E-state index in [1.807, 2.05) is 0 Å². The maximum Gasteiger partial charge on any atom is 0.255 e. The molecule has 2 aromatic rings. The molecule has 2 heterocycles. The van der Waals surface area contributed by atoms with E-state index >= 15 is 0 Å². The normalized spacial score (nSPS) is 14.4. The van der Waals surface area contributed by atoms with E-state index in [1.54, 1.807) is 65.7 Å². The molecule has 3 rings (SSSR count). The average Bonchev–Trinajstić information content (AvgIpc) is 2.67. The molecule has 0 unspecified atom stereocenters. The van der Waals surface area contributed by atoms with Crippen LogP contribution in [0.1, 0.15) is 20.7 Å². The predicted octanol–water partition coefficient (Wildman–Crippen LogP) is 1.69. The van der Waals surface area contributed by atoms with Gasteiger partial charge in [0, 0.05) is 44.1 Å². The van der Waals surface area contributed by atoms with Crippen LogP contribution in [0, 0.1) is 0 Å². The SMILES string of the molecule is COc1cccc(C(=O)N2CCN(C(=O)c3cccnc3)CC2)c1. The Labute approximate surface area is 140 Å². The number of benzene rings is 1. The number of ether oxygens (including phenoxy) is 1. The van der Waals surface area contributed by atoms with Crippen LogP contribution in [0.25, 0.3) is 0 Å². The van der Waals surface area contributed by atoms with E-state index in [2.05, 4.69) is 4.98 Å². The van der Waals surface area contributed by atoms with Gasteiger partial charge in [-0.05, 0) is 30.3 Å². The maximum absolute atomic E-state index is 12.6. The van der Waals surface area contributed by atoms with E-state index < -0.39 is 0 Å². The average molecular weight is 325 g/mol. The number of pyridine rings is 1. The third-order valence-electron chi connectivity index (χ3n) is 4.08. The minimum absolute atomic E-state index is 0.0395. The van der Waals surface area contributed by atoms with E-state index in [9.17, 15) is 9.59 Å². The molecule has 6 heteroatoms. The van der Waals surface area contributed by atoms with Gasteiger partial charge in [0.25, 0.3) is 11.8 Å². The molecule has 0 spiro atoms. The first-order valence-electron chi connectivity index (χ1n) is 7.81. The van der Waals surface area contributed by atoms with Crippen LogP contribution in [0.5, 0.6) is 5.75 Å². The van der Waals surface area contributed by atoms with Crippen molar-refractivity contribution in [1.29, 1.82) is 0 Å². The van der Waals surface area contributed by atoms with Crippen molar-refractivity contribution < 1.29 is 14.3 Å². The van der Waals surface area contributed by atoms with E-state index in [4.69, 9.17) is 4.74 Å². The van der Waals surface area contributed by atoms with Gasteiger partial charge in [-0.3, -0.25) is 14.6 Å². The molecule has 1 aliphatic heterocycles. The van der Waals surface area contributed by atoms with Gasteiger partial charge < -0.3 is 14.5 Å². The lowest BCUT2D eigenvalue weighted by molar-refractivity contribution is 0.0535. The number of aromatic nitrogens is 1. The Bertz CT molecular complexity index is 725. The summed E-state index contributed by atoms with van der Waals surface area (Å²) >= 11 is 0. The summed E-state index contributed by atoms with van der Waals surface area (Å²) in [4.78, 5) is 32.5. The van der Waals surface area contributed by atoms with Crippen molar-refractivity contribution in [3.05, 3.63) is 59.9 Å². The Kier molecular flexibility index (Phi) is 4.74. The Morgan fingerprint density at radius 2 is 1.58 bits per heavy atom. The Hall–Kier alpha value is -2.89. The zero-order valence-corrected chi connectivity index (χ0v) is 13.5. The highest BCUT2D eigenvalue weighted by atomic mass is 16.5. The van der Waals surface area contributed by atoms with Crippen LogP contribution in [0.4, 0.5) is 0 Å². The number of methoxy groups -OCH3 is 1. The van der Waals surface area contributed by atoms with Gasteiger partial charge in [0.1, 0.15) is 5.75 Å². The minimum Gasteiger partial charge on any atom is -0.497 e. The van der Waals surface area contributed by atoms with Gasteiger partial charge in [0.2, 0.25) is 0 Å². The zero-order valence-electron chi connectivity index (χ0n) is 13.5. The number of piperazine rings is 1. The van der Waals surface area contributed by atoms with Gasteiger partial charge in [-0.25, -0.2) is 0 Å². The van der Waals surface area contributed by atoms with E-state index in [0.717, 1.165) is 0 Å². The van der Waals surface area contributed by atoms with Crippen molar-refractivity contribution in [3.8, 4) is 5.75 Å². The fraction of sp³-hybridized carbons (Fsp3) is 0.278. The molecule has 24 heavy (non-hydrogen) atoms. The maximum atomic E-state index is 12.6. The van der Waals surface area contributed by atoms with Gasteiger partial charge in [0.15, 0.2) is 0 Å². The fourth-order valence-electron chi connectivity index (χ4n) is 2.72. The Morgan fingerprint density at radius 3 is 2.17 bits per heavy atom. The fourth-order valence-corrected chi connectivity index (χ4v) is 2.72. The van der Waals surface area contributed by atoms with Crippen LogP contribution in [0.15, 0.2) is 48.8 Å². The summed E-state index contributed by atoms with van der Waals surface area (Å²) in [5, 5.41) is 0. The number of hydrogen-bond acceptors (Lipinski definition) is 4. The molecule has 1 aromatic heterocycles. The van der Waals surface area contributed by atoms with E-state index in [1.165, 1.54) is 0 Å². The lowest BCUT2D eigenvalue weighted by Crippen LogP contribution is -2.50. The lowest BCUT2D eigenvalue weighted by Gasteiger charge is -2.34. The third kappa shape index (κ3) is 3.37. The van der Waals surface area contributed by atoms with Crippen LogP contribution in [-0.4, -0.2) is 59.9 Å². The molecular formula is C18H19N3O3. The van der Waals surface area contributed by atoms with Crippen molar-refractivity contribution in [3.63, 3.8) is 0 Å². The molecule has 1 aliphatic rings. The van der Waals surface area contributed by atoms with E-state index in [-0.39, 0.29) is 11.8 Å². The van der Waals surface area contributed by atoms with Crippen LogP contribution in [0.3, 0.4) is 0 Å². The summed E-state index contributed by atoms with van der Waals surface area (Å²) in [6.07, 6.45) is 3.21. The lowest BCUT2D eigenvalue weighted by atomic mass is 10.1. The molecule has 0 atom stereocenters. The topological polar surface area (TPSA) is 62.7 Å². The highest BCUT2D eigenvalue weighted by molar-refractivity contribution is 5.96. The zero-order chi connectivity index (χ0) is 16.9. The predicted molar refractivity (Wildman–Crippen MR) is 89.0 cm³/mol. The monoisotopic (exact) mass is 325 g/mol. The summed E-state index contributed by atoms with van der Waals surface area (Å²) < 4.78 is 5.16. The Balaban J connectivity index is 1.62. The minimum atomic E-state index is -0.0448. The van der Waals surface area contributed by atoms with Crippen molar-refractivity contribution in [2.45, 2.75) is 0 Å². The second-order valence-electron chi connectivity index (χ2n) is 5.56. The molecule has 1 saturated heterocycles. The molecule has 124 valence electrons. The smallest absolute Gasteiger partial charge is 0.255 e. The summed E-state index contributed by atoms with van der Waals surface area (Å²) in [7, 11) is 1.58. The molecular weight excluding hydrogens is 306 g/mol. The number of carbonyl (C=O) groups excluding carboxylic acids is 2. The first-order valence-corrected chi connectivity index (χ1v) is 7.81. The molecule has 0 saturated carbocycles. The van der Waals surface area contributed by atoms with E-state index in [0.29, 0.717) is 43.1 Å². The van der Waals surface area contributed by atoms with Crippen molar-refractivity contribution in [1.82, 2.24) is 14.8 Å². The van der Waals surface area contributed by atoms with Crippen LogP contribution in [-0.2, 0) is 0 Å². The number of rotatable bonds is 3. The number of carbonyl (C=O) groups is 2. The van der Waals surface area contributed by atoms with Gasteiger partial charge in [-0.2, -0.15) is 0 Å². The van der Waals surface area contributed by atoms with Gasteiger partial charge in [-0.1, -0.05) is 6.07 Å². The van der Waals surface area contributed by atoms with Crippen LogP contribution >= 0.6 is 0 Å². The van der Waals surface area contributed by atoms with Crippen molar-refractivity contribution in [2.24, 2.45) is 0 Å². The number of amides is 2. The second-order valence-corrected chi connectivity index (χ2v) is 5.56. The summed E-state index contributed by atoms with van der Waals surface area (Å²) in [6, 6.07) is 10.6. The summed E-state index contributed by atoms with van der Waals surface area (Å²) in [5.41, 5.74) is 1.17. The highest BCUT2D eigenvalue weighted by Gasteiger charge is 2.25. The molecule has 0 bridgehead atoms. The Morgan fingerprint density at radius 1 is 0.958 bits per heavy atom. The number of hydrogen-bond donors (Lipinski definition) is 0. The highest BCUT2D eigenvalue weighted by Crippen LogP contribution is 2.16. The van der Waals surface area contributed by atoms with Gasteiger partial charge in [-0.15, -0.1) is 0 Å². The molecule has 1 fully saturated rings. The summed E-state index contributed by atoms with van der Waals surface area (Å²) in [6.45, 7) is 2.07. The van der Waals surface area contributed by atoms with Crippen LogP contribution in [0.2, 0.25) is 0 Å². The molecule has 0 aliphatic carbocycles. The largest absolute Gasteiger partial charge is 0.497 e. The van der Waals surface area contributed by atoms with Crippen molar-refractivity contribution in [2.75, 3.05) is 33.3 Å². The molecule has 0 radical (unpaired) electrons. The molecule has 6 nitrogen and oxygen atoms in total. The van der Waals surface area contributed by atoms with Crippen LogP contribution < -0.4 is 4.74 Å². The summed E-state index contributed by atoms with van der Waals surface area (Å²) in [5.74, 6) is 0.574. The molecule has 1 aromatic carbocycles. The van der Waals surface area contributed by atoms with Gasteiger partial charge >= 0.3 is 0 Å². The third-order valence-corrected chi connectivity index (χ3v) is 4.08. The first kappa shape index (κ1) is 16.0. The molecule has 2 amide bonds. The quantitative estimate of drug-likeness (QED) is 0.861. The second kappa shape index (κ2) is 7.12. The standard InChI is InChI=1S/C18H19N3O3/c1-24-16-6-2-4-14(12-16)17(22)20-8-10-21(11-9-20)18(23)15-5-3-7-19-13-15/h2-7,12-13H,8-11H2,1H3. The van der Waals surface area contributed by atoms with Crippen molar-refractivity contribution >= 4 is 11.8 Å². The van der Waals surface area contributed by atoms with Gasteiger partial charge in [0.05, 0.1) is 12.7 Å². The molecule has 0 N–H and O–H groups in total.